The first-order chi connectivity index (χ1) is 12.2. The Labute approximate surface area is 150 Å². The first kappa shape index (κ1) is 17.9. The fourth-order valence-corrected chi connectivity index (χ4v) is 3.18. The maximum Gasteiger partial charge on any atom is 0.126 e. The molecule has 1 N–H and O–H groups in total. The molecule has 0 spiro atoms. The van der Waals surface area contributed by atoms with E-state index in [0.29, 0.717) is 0 Å². The molecule has 0 amide bonds. The molecule has 2 aromatic heterocycles. The number of unbranched alkanes of at least 4 members (excludes halogenated alkanes) is 1. The summed E-state index contributed by atoms with van der Waals surface area (Å²) in [7, 11) is 1.89. The highest BCUT2D eigenvalue weighted by Gasteiger charge is 2.24. The van der Waals surface area contributed by atoms with Crippen LogP contribution in [0.5, 0.6) is 0 Å². The van der Waals surface area contributed by atoms with E-state index in [-0.39, 0.29) is 6.10 Å². The normalized spacial score (nSPS) is 18.4. The molecule has 25 heavy (non-hydrogen) atoms. The highest BCUT2D eigenvalue weighted by Crippen LogP contribution is 2.23. The van der Waals surface area contributed by atoms with Crippen LogP contribution in [0.25, 0.3) is 0 Å². The third-order valence-electron chi connectivity index (χ3n) is 4.69. The molecular weight excluding hydrogens is 314 g/mol. The third kappa shape index (κ3) is 4.58. The van der Waals surface area contributed by atoms with Gasteiger partial charge in [0.15, 0.2) is 0 Å². The van der Waals surface area contributed by atoms with Gasteiger partial charge < -0.3 is 10.1 Å². The molecule has 0 unspecified atom stereocenters. The van der Waals surface area contributed by atoms with Crippen LogP contribution in [0.2, 0.25) is 0 Å². The van der Waals surface area contributed by atoms with Gasteiger partial charge in [0.05, 0.1) is 18.0 Å². The summed E-state index contributed by atoms with van der Waals surface area (Å²) < 4.78 is 8.05. The van der Waals surface area contributed by atoms with Crippen molar-refractivity contribution in [1.29, 1.82) is 0 Å². The van der Waals surface area contributed by atoms with Crippen LogP contribution < -0.4 is 5.32 Å². The van der Waals surface area contributed by atoms with Crippen LogP contribution in [0.4, 0.5) is 5.82 Å². The van der Waals surface area contributed by atoms with Gasteiger partial charge in [-0.15, -0.1) is 0 Å². The summed E-state index contributed by atoms with van der Waals surface area (Å²) >= 11 is 0. The number of nitrogens with zero attached hydrogens (tertiary/aromatic N) is 4. The van der Waals surface area contributed by atoms with Crippen LogP contribution in [0.1, 0.15) is 42.8 Å². The van der Waals surface area contributed by atoms with Crippen molar-refractivity contribution in [3.8, 4) is 0 Å². The van der Waals surface area contributed by atoms with E-state index >= 15 is 0 Å². The highest BCUT2D eigenvalue weighted by molar-refractivity contribution is 5.34. The Morgan fingerprint density at radius 1 is 1.36 bits per heavy atom. The number of nitrogens with one attached hydrogen (secondary N) is 1. The summed E-state index contributed by atoms with van der Waals surface area (Å²) in [6.07, 6.45) is 4.60. The van der Waals surface area contributed by atoms with Crippen molar-refractivity contribution in [1.82, 2.24) is 19.7 Å². The van der Waals surface area contributed by atoms with Gasteiger partial charge in [-0.2, -0.15) is 5.10 Å². The second-order valence-corrected chi connectivity index (χ2v) is 6.65. The number of hydrogen-bond donors (Lipinski definition) is 1. The van der Waals surface area contributed by atoms with Crippen LogP contribution >= 0.6 is 0 Å². The van der Waals surface area contributed by atoms with Gasteiger partial charge in [-0.05, 0) is 25.5 Å². The molecule has 2 aromatic rings. The number of morpholine rings is 1. The maximum atomic E-state index is 5.97. The Kier molecular flexibility index (Phi) is 6.04. The SMILES string of the molecule is CCCCn1cc(CN2CCO[C@@H](c3cccc(NC)n3)C2)c(C)n1. The lowest BCUT2D eigenvalue weighted by Gasteiger charge is -2.32. The van der Waals surface area contributed by atoms with Crippen LogP contribution in [0.3, 0.4) is 0 Å². The van der Waals surface area contributed by atoms with E-state index in [9.17, 15) is 0 Å². The van der Waals surface area contributed by atoms with E-state index in [4.69, 9.17) is 4.74 Å². The van der Waals surface area contributed by atoms with Crippen molar-refractivity contribution in [2.24, 2.45) is 0 Å². The number of ether oxygens (including phenoxy) is 1. The lowest BCUT2D eigenvalue weighted by atomic mass is 10.1. The second-order valence-electron chi connectivity index (χ2n) is 6.65. The summed E-state index contributed by atoms with van der Waals surface area (Å²) in [5, 5.41) is 7.74. The Bertz CT molecular complexity index is 684. The Morgan fingerprint density at radius 2 is 2.24 bits per heavy atom. The van der Waals surface area contributed by atoms with Crippen LogP contribution in [-0.2, 0) is 17.8 Å². The van der Waals surface area contributed by atoms with E-state index in [1.807, 2.05) is 25.2 Å². The zero-order valence-electron chi connectivity index (χ0n) is 15.5. The standard InChI is InChI=1S/C19H29N5O/c1-4-5-9-24-13-16(15(2)22-24)12-23-10-11-25-18(14-23)17-7-6-8-19(20-3)21-17/h6-8,13,18H,4-5,9-12,14H2,1-3H3,(H,20,21)/t18-/m1/s1. The maximum absolute atomic E-state index is 5.97. The second kappa shape index (κ2) is 8.45. The van der Waals surface area contributed by atoms with E-state index in [2.05, 4.69) is 45.0 Å². The van der Waals surface area contributed by atoms with Gasteiger partial charge in [-0.25, -0.2) is 4.98 Å². The van der Waals surface area contributed by atoms with Crippen molar-refractivity contribution < 1.29 is 4.74 Å². The minimum Gasteiger partial charge on any atom is -0.373 e. The van der Waals surface area contributed by atoms with E-state index in [0.717, 1.165) is 50.0 Å². The molecule has 0 bridgehead atoms. The minimum absolute atomic E-state index is 0.0255. The molecule has 0 aromatic carbocycles. The number of hydrogen-bond acceptors (Lipinski definition) is 5. The molecular formula is C19H29N5O. The largest absolute Gasteiger partial charge is 0.373 e. The summed E-state index contributed by atoms with van der Waals surface area (Å²) in [5.41, 5.74) is 3.44. The average Bonchev–Trinajstić information content (AvgIpc) is 2.99. The predicted octanol–water partition coefficient (Wildman–Crippen LogP) is 3.00. The lowest BCUT2D eigenvalue weighted by Crippen LogP contribution is -2.38. The Hall–Kier alpha value is -1.92. The van der Waals surface area contributed by atoms with Gasteiger partial charge in [0.2, 0.25) is 0 Å². The molecule has 0 saturated carbocycles. The topological polar surface area (TPSA) is 55.2 Å². The molecule has 3 rings (SSSR count). The molecule has 1 aliphatic heterocycles. The van der Waals surface area contributed by atoms with Crippen LogP contribution in [0, 0.1) is 6.92 Å². The molecule has 0 aliphatic carbocycles. The van der Waals surface area contributed by atoms with Gasteiger partial charge in [0, 0.05) is 45.0 Å². The molecule has 6 nitrogen and oxygen atoms in total. The zero-order valence-corrected chi connectivity index (χ0v) is 15.5. The van der Waals surface area contributed by atoms with Gasteiger partial charge >= 0.3 is 0 Å². The average molecular weight is 343 g/mol. The smallest absolute Gasteiger partial charge is 0.126 e. The van der Waals surface area contributed by atoms with E-state index in [1.54, 1.807) is 0 Å². The van der Waals surface area contributed by atoms with Gasteiger partial charge in [-0.3, -0.25) is 9.58 Å². The number of anilines is 1. The number of aryl methyl sites for hydroxylation is 2. The Morgan fingerprint density at radius 3 is 3.04 bits per heavy atom. The molecule has 6 heteroatoms. The minimum atomic E-state index is 0.0255. The first-order valence-corrected chi connectivity index (χ1v) is 9.21. The van der Waals surface area contributed by atoms with Gasteiger partial charge in [0.25, 0.3) is 0 Å². The van der Waals surface area contributed by atoms with Crippen molar-refractivity contribution in [3.63, 3.8) is 0 Å². The number of pyridine rings is 1. The summed E-state index contributed by atoms with van der Waals surface area (Å²) in [6, 6.07) is 6.04. The molecule has 3 heterocycles. The molecule has 1 atom stereocenters. The molecule has 1 fully saturated rings. The first-order valence-electron chi connectivity index (χ1n) is 9.21. The molecule has 0 radical (unpaired) electrons. The number of aromatic nitrogens is 3. The van der Waals surface area contributed by atoms with Crippen LogP contribution in [-0.4, -0.2) is 46.4 Å². The summed E-state index contributed by atoms with van der Waals surface area (Å²) in [5.74, 6) is 0.881. The fraction of sp³-hybridized carbons (Fsp3) is 0.579. The summed E-state index contributed by atoms with van der Waals surface area (Å²) in [6.45, 7) is 8.78. The van der Waals surface area contributed by atoms with E-state index < -0.39 is 0 Å². The van der Waals surface area contributed by atoms with Crippen molar-refractivity contribution in [2.45, 2.75) is 45.9 Å². The van der Waals surface area contributed by atoms with Crippen molar-refractivity contribution in [2.75, 3.05) is 32.1 Å². The molecule has 1 aliphatic rings. The third-order valence-corrected chi connectivity index (χ3v) is 4.69. The predicted molar refractivity (Wildman–Crippen MR) is 99.6 cm³/mol. The Balaban J connectivity index is 1.64. The molecule has 1 saturated heterocycles. The lowest BCUT2D eigenvalue weighted by molar-refractivity contribution is -0.0349. The monoisotopic (exact) mass is 343 g/mol. The van der Waals surface area contributed by atoms with Gasteiger partial charge in [0.1, 0.15) is 11.9 Å². The van der Waals surface area contributed by atoms with Crippen molar-refractivity contribution in [3.05, 3.63) is 41.3 Å². The quantitative estimate of drug-likeness (QED) is 0.837. The fourth-order valence-electron chi connectivity index (χ4n) is 3.18. The summed E-state index contributed by atoms with van der Waals surface area (Å²) in [4.78, 5) is 7.07. The number of rotatable bonds is 7. The van der Waals surface area contributed by atoms with E-state index in [1.165, 1.54) is 18.4 Å². The van der Waals surface area contributed by atoms with Gasteiger partial charge in [-0.1, -0.05) is 19.4 Å². The highest BCUT2D eigenvalue weighted by atomic mass is 16.5. The zero-order chi connectivity index (χ0) is 17.6. The molecule has 136 valence electrons. The van der Waals surface area contributed by atoms with Crippen molar-refractivity contribution >= 4 is 5.82 Å². The van der Waals surface area contributed by atoms with Crippen LogP contribution in [0.15, 0.2) is 24.4 Å².